The Morgan fingerprint density at radius 1 is 1.03 bits per heavy atom. The highest BCUT2D eigenvalue weighted by molar-refractivity contribution is 5.95. The van der Waals surface area contributed by atoms with Gasteiger partial charge in [-0.15, -0.1) is 0 Å². The van der Waals surface area contributed by atoms with Gasteiger partial charge in [0.2, 0.25) is 5.91 Å². The van der Waals surface area contributed by atoms with E-state index in [4.69, 9.17) is 9.47 Å². The second-order valence-electron chi connectivity index (χ2n) is 7.22. The molecule has 1 N–H and O–H groups in total. The molecule has 0 aliphatic carbocycles. The van der Waals surface area contributed by atoms with Crippen LogP contribution in [0.2, 0.25) is 0 Å². The average Bonchev–Trinajstić information content (AvgIpc) is 3.22. The van der Waals surface area contributed by atoms with Crippen molar-refractivity contribution in [3.05, 3.63) is 59.7 Å². The number of carbonyl (C=O) groups excluding carboxylic acids is 2. The summed E-state index contributed by atoms with van der Waals surface area (Å²) in [5.74, 6) is 0.986. The molecule has 0 aromatic heterocycles. The van der Waals surface area contributed by atoms with E-state index in [-0.39, 0.29) is 23.7 Å². The van der Waals surface area contributed by atoms with Crippen LogP contribution in [0.1, 0.15) is 35.2 Å². The summed E-state index contributed by atoms with van der Waals surface area (Å²) in [7, 11) is 3.22. The molecule has 1 aliphatic heterocycles. The first-order valence-corrected chi connectivity index (χ1v) is 9.92. The number of hydrogen-bond acceptors (Lipinski definition) is 4. The molecule has 1 aliphatic rings. The van der Waals surface area contributed by atoms with Crippen LogP contribution in [0, 0.1) is 5.92 Å². The monoisotopic (exact) mass is 396 g/mol. The molecular weight excluding hydrogens is 368 g/mol. The quantitative estimate of drug-likeness (QED) is 0.781. The zero-order valence-electron chi connectivity index (χ0n) is 17.2. The SMILES string of the molecule is CCCNC(=O)C1CN(C(=O)c2ccc(OC)cc2)CC1c1cccc(OC)c1. The Morgan fingerprint density at radius 3 is 2.41 bits per heavy atom. The molecule has 2 unspecified atom stereocenters. The molecular formula is C23H28N2O4. The summed E-state index contributed by atoms with van der Waals surface area (Å²) >= 11 is 0. The summed E-state index contributed by atoms with van der Waals surface area (Å²) < 4.78 is 10.5. The first-order chi connectivity index (χ1) is 14.1. The van der Waals surface area contributed by atoms with E-state index in [0.717, 1.165) is 17.7 Å². The highest BCUT2D eigenvalue weighted by Crippen LogP contribution is 2.35. The second-order valence-corrected chi connectivity index (χ2v) is 7.22. The summed E-state index contributed by atoms with van der Waals surface area (Å²) in [6, 6.07) is 14.8. The molecule has 0 radical (unpaired) electrons. The number of benzene rings is 2. The van der Waals surface area contributed by atoms with E-state index in [1.54, 1.807) is 43.4 Å². The second kappa shape index (κ2) is 9.45. The van der Waals surface area contributed by atoms with Gasteiger partial charge in [0.1, 0.15) is 11.5 Å². The molecule has 3 rings (SSSR count). The van der Waals surface area contributed by atoms with Crippen LogP contribution in [0.4, 0.5) is 0 Å². The van der Waals surface area contributed by atoms with E-state index in [1.807, 2.05) is 31.2 Å². The lowest BCUT2D eigenvalue weighted by Gasteiger charge is -2.18. The third-order valence-electron chi connectivity index (χ3n) is 5.35. The molecule has 2 aromatic carbocycles. The Balaban J connectivity index is 1.84. The summed E-state index contributed by atoms with van der Waals surface area (Å²) in [5.41, 5.74) is 1.59. The number of nitrogens with one attached hydrogen (secondary N) is 1. The van der Waals surface area contributed by atoms with Gasteiger partial charge >= 0.3 is 0 Å². The number of amides is 2. The Bertz CT molecular complexity index is 850. The smallest absolute Gasteiger partial charge is 0.253 e. The number of hydrogen-bond donors (Lipinski definition) is 1. The standard InChI is InChI=1S/C23H28N2O4/c1-4-12-24-22(26)21-15-25(23(27)16-8-10-18(28-2)11-9-16)14-20(21)17-6-5-7-19(13-17)29-3/h5-11,13,20-21H,4,12,14-15H2,1-3H3,(H,24,26). The van der Waals surface area contributed by atoms with Gasteiger partial charge in [0.05, 0.1) is 20.1 Å². The summed E-state index contributed by atoms with van der Waals surface area (Å²) in [4.78, 5) is 27.7. The van der Waals surface area contributed by atoms with E-state index < -0.39 is 0 Å². The van der Waals surface area contributed by atoms with E-state index >= 15 is 0 Å². The van der Waals surface area contributed by atoms with Crippen LogP contribution in [0.3, 0.4) is 0 Å². The minimum atomic E-state index is -0.296. The number of likely N-dealkylation sites (tertiary alicyclic amines) is 1. The van der Waals surface area contributed by atoms with Gasteiger partial charge in [0, 0.05) is 31.1 Å². The molecule has 2 atom stereocenters. The minimum Gasteiger partial charge on any atom is -0.497 e. The maximum absolute atomic E-state index is 13.1. The van der Waals surface area contributed by atoms with Gasteiger partial charge < -0.3 is 19.7 Å². The summed E-state index contributed by atoms with van der Waals surface area (Å²) in [6.07, 6.45) is 0.872. The highest BCUT2D eigenvalue weighted by Gasteiger charge is 2.40. The van der Waals surface area contributed by atoms with E-state index in [0.29, 0.717) is 30.9 Å². The van der Waals surface area contributed by atoms with Crippen LogP contribution in [0.5, 0.6) is 11.5 Å². The summed E-state index contributed by atoms with van der Waals surface area (Å²) in [6.45, 7) is 3.53. The van der Waals surface area contributed by atoms with Crippen molar-refractivity contribution in [2.24, 2.45) is 5.92 Å². The van der Waals surface area contributed by atoms with Gasteiger partial charge in [-0.2, -0.15) is 0 Å². The van der Waals surface area contributed by atoms with Gasteiger partial charge in [0.15, 0.2) is 0 Å². The molecule has 1 saturated heterocycles. The third kappa shape index (κ3) is 4.70. The third-order valence-corrected chi connectivity index (χ3v) is 5.35. The van der Waals surface area contributed by atoms with E-state index in [2.05, 4.69) is 5.32 Å². The fourth-order valence-electron chi connectivity index (χ4n) is 3.74. The molecule has 1 fully saturated rings. The van der Waals surface area contributed by atoms with Gasteiger partial charge in [-0.3, -0.25) is 9.59 Å². The van der Waals surface area contributed by atoms with Gasteiger partial charge in [0.25, 0.3) is 5.91 Å². The molecule has 6 nitrogen and oxygen atoms in total. The zero-order valence-corrected chi connectivity index (χ0v) is 17.2. The van der Waals surface area contributed by atoms with Crippen molar-refractivity contribution in [1.29, 1.82) is 0 Å². The number of ether oxygens (including phenoxy) is 2. The largest absolute Gasteiger partial charge is 0.497 e. The van der Waals surface area contributed by atoms with Gasteiger partial charge in [-0.1, -0.05) is 19.1 Å². The van der Waals surface area contributed by atoms with E-state index in [1.165, 1.54) is 0 Å². The number of methoxy groups -OCH3 is 2. The predicted molar refractivity (Wildman–Crippen MR) is 111 cm³/mol. The normalized spacial score (nSPS) is 18.4. The Morgan fingerprint density at radius 2 is 1.76 bits per heavy atom. The number of rotatable bonds is 7. The average molecular weight is 396 g/mol. The van der Waals surface area contributed by atoms with Crippen molar-refractivity contribution in [2.75, 3.05) is 33.9 Å². The van der Waals surface area contributed by atoms with Crippen molar-refractivity contribution in [3.8, 4) is 11.5 Å². The zero-order chi connectivity index (χ0) is 20.8. The fraction of sp³-hybridized carbons (Fsp3) is 0.391. The van der Waals surface area contributed by atoms with Crippen molar-refractivity contribution >= 4 is 11.8 Å². The van der Waals surface area contributed by atoms with Crippen LogP contribution < -0.4 is 14.8 Å². The van der Waals surface area contributed by atoms with Crippen LogP contribution >= 0.6 is 0 Å². The molecule has 0 bridgehead atoms. The lowest BCUT2D eigenvalue weighted by molar-refractivity contribution is -0.124. The molecule has 2 aromatic rings. The molecule has 6 heteroatoms. The first kappa shape index (κ1) is 20.7. The maximum atomic E-state index is 13.1. The molecule has 0 saturated carbocycles. The maximum Gasteiger partial charge on any atom is 0.253 e. The Kier molecular flexibility index (Phi) is 6.75. The molecule has 29 heavy (non-hydrogen) atoms. The number of carbonyl (C=O) groups is 2. The molecule has 0 spiro atoms. The Labute approximate surface area is 171 Å². The van der Waals surface area contributed by atoms with Crippen LogP contribution in [-0.2, 0) is 4.79 Å². The lowest BCUT2D eigenvalue weighted by Crippen LogP contribution is -2.36. The number of nitrogens with zero attached hydrogens (tertiary/aromatic N) is 1. The van der Waals surface area contributed by atoms with Gasteiger partial charge in [-0.25, -0.2) is 0 Å². The lowest BCUT2D eigenvalue weighted by atomic mass is 9.88. The van der Waals surface area contributed by atoms with Gasteiger partial charge in [-0.05, 0) is 48.4 Å². The van der Waals surface area contributed by atoms with Crippen molar-refractivity contribution in [3.63, 3.8) is 0 Å². The molecule has 2 amide bonds. The van der Waals surface area contributed by atoms with Crippen LogP contribution in [0.15, 0.2) is 48.5 Å². The first-order valence-electron chi connectivity index (χ1n) is 9.92. The fourth-order valence-corrected chi connectivity index (χ4v) is 3.74. The molecule has 1 heterocycles. The predicted octanol–water partition coefficient (Wildman–Crippen LogP) is 3.09. The van der Waals surface area contributed by atoms with Crippen LogP contribution in [0.25, 0.3) is 0 Å². The topological polar surface area (TPSA) is 67.9 Å². The van der Waals surface area contributed by atoms with E-state index in [9.17, 15) is 9.59 Å². The van der Waals surface area contributed by atoms with Crippen LogP contribution in [-0.4, -0.2) is 50.6 Å². The van der Waals surface area contributed by atoms with Crippen molar-refractivity contribution < 1.29 is 19.1 Å². The Hall–Kier alpha value is -3.02. The van der Waals surface area contributed by atoms with Crippen molar-refractivity contribution in [1.82, 2.24) is 10.2 Å². The summed E-state index contributed by atoms with van der Waals surface area (Å²) in [5, 5.41) is 2.99. The van der Waals surface area contributed by atoms with Crippen molar-refractivity contribution in [2.45, 2.75) is 19.3 Å². The molecule has 154 valence electrons. The highest BCUT2D eigenvalue weighted by atomic mass is 16.5. The minimum absolute atomic E-state index is 0.00954.